The van der Waals surface area contributed by atoms with Gasteiger partial charge in [-0.1, -0.05) is 0 Å². The largest absolute Gasteiger partial charge is 0.461 e. The Morgan fingerprint density at radius 1 is 1.29 bits per heavy atom. The number of ether oxygens (including phenoxy) is 3. The molecule has 150 valence electrons. The molecule has 0 atom stereocenters. The Morgan fingerprint density at radius 2 is 1.96 bits per heavy atom. The number of rotatable bonds is 4. The van der Waals surface area contributed by atoms with E-state index in [4.69, 9.17) is 25.8 Å². The molecule has 1 aliphatic rings. The van der Waals surface area contributed by atoms with Crippen LogP contribution in [-0.4, -0.2) is 35.8 Å². The van der Waals surface area contributed by atoms with Crippen LogP contribution in [-0.2, 0) is 20.4 Å². The van der Waals surface area contributed by atoms with Gasteiger partial charge in [0.05, 0.1) is 36.6 Å². The second kappa shape index (κ2) is 7.98. The monoisotopic (exact) mass is 420 g/mol. The van der Waals surface area contributed by atoms with E-state index in [1.807, 2.05) is 0 Å². The smallest absolute Gasteiger partial charge is 0.416 e. The number of hydrogen-bond donors (Lipinski definition) is 0. The Morgan fingerprint density at radius 3 is 2.54 bits per heavy atom. The van der Waals surface area contributed by atoms with Crippen LogP contribution in [0.1, 0.15) is 34.8 Å². The van der Waals surface area contributed by atoms with Crippen molar-refractivity contribution in [1.82, 2.24) is 9.97 Å². The van der Waals surface area contributed by atoms with Crippen molar-refractivity contribution in [3.63, 3.8) is 0 Å². The van der Waals surface area contributed by atoms with Crippen molar-refractivity contribution >= 4 is 17.6 Å². The molecule has 0 bridgehead atoms. The van der Waals surface area contributed by atoms with Gasteiger partial charge in [-0.15, -0.1) is 0 Å². The van der Waals surface area contributed by atoms with Crippen LogP contribution in [0.2, 0.25) is 5.28 Å². The fourth-order valence-corrected chi connectivity index (χ4v) is 2.80. The lowest BCUT2D eigenvalue weighted by molar-refractivity contribution is -0.137. The molecule has 6 nitrogen and oxygen atoms in total. The molecule has 0 spiro atoms. The van der Waals surface area contributed by atoms with Crippen molar-refractivity contribution in [2.75, 3.05) is 19.8 Å². The van der Waals surface area contributed by atoms with Crippen LogP contribution in [0, 0.1) is 5.82 Å². The number of hydrogen-bond acceptors (Lipinski definition) is 6. The zero-order chi connectivity index (χ0) is 20.5. The van der Waals surface area contributed by atoms with Gasteiger partial charge in [0.1, 0.15) is 5.82 Å². The number of carbonyl (C=O) groups is 1. The van der Waals surface area contributed by atoms with Gasteiger partial charge in [-0.25, -0.2) is 19.2 Å². The average molecular weight is 421 g/mol. The Labute approximate surface area is 161 Å². The lowest BCUT2D eigenvalue weighted by Crippen LogP contribution is -2.17. The molecule has 0 radical (unpaired) electrons. The Bertz CT molecular complexity index is 901. The van der Waals surface area contributed by atoms with Crippen LogP contribution < -0.4 is 0 Å². The van der Waals surface area contributed by atoms with E-state index in [1.165, 1.54) is 0 Å². The van der Waals surface area contributed by atoms with Crippen LogP contribution in [0.3, 0.4) is 0 Å². The van der Waals surface area contributed by atoms with Crippen molar-refractivity contribution in [3.8, 4) is 11.3 Å². The van der Waals surface area contributed by atoms with Crippen LogP contribution >= 0.6 is 11.6 Å². The van der Waals surface area contributed by atoms with E-state index in [0.717, 1.165) is 6.07 Å². The SMILES string of the molecule is CCOC(=O)c1nc(Cl)nc(-c2ccc(C(F)(F)F)cc2F)c1C1OCCO1. The summed E-state index contributed by atoms with van der Waals surface area (Å²) in [7, 11) is 0. The van der Waals surface area contributed by atoms with Crippen molar-refractivity contribution < 1.29 is 36.6 Å². The van der Waals surface area contributed by atoms with E-state index in [9.17, 15) is 22.4 Å². The van der Waals surface area contributed by atoms with Crippen LogP contribution in [0.15, 0.2) is 18.2 Å². The van der Waals surface area contributed by atoms with E-state index in [1.54, 1.807) is 6.92 Å². The zero-order valence-electron chi connectivity index (χ0n) is 14.3. The molecule has 1 aromatic carbocycles. The Hall–Kier alpha value is -2.30. The summed E-state index contributed by atoms with van der Waals surface area (Å²) in [6, 6.07) is 1.92. The fraction of sp³-hybridized carbons (Fsp3) is 0.353. The summed E-state index contributed by atoms with van der Waals surface area (Å²) in [4.78, 5) is 20.0. The minimum atomic E-state index is -4.72. The summed E-state index contributed by atoms with van der Waals surface area (Å²) in [5.74, 6) is -2.09. The van der Waals surface area contributed by atoms with Crippen LogP contribution in [0.25, 0.3) is 11.3 Å². The third kappa shape index (κ3) is 4.08. The minimum Gasteiger partial charge on any atom is -0.461 e. The molecule has 0 unspecified atom stereocenters. The summed E-state index contributed by atoms with van der Waals surface area (Å²) in [6.07, 6.45) is -5.85. The van der Waals surface area contributed by atoms with E-state index in [2.05, 4.69) is 9.97 Å². The third-order valence-electron chi connectivity index (χ3n) is 3.80. The zero-order valence-corrected chi connectivity index (χ0v) is 15.1. The van der Waals surface area contributed by atoms with Crippen LogP contribution in [0.5, 0.6) is 0 Å². The molecule has 1 saturated heterocycles. The van der Waals surface area contributed by atoms with Gasteiger partial charge >= 0.3 is 12.1 Å². The molecule has 0 amide bonds. The molecule has 0 N–H and O–H groups in total. The highest BCUT2D eigenvalue weighted by Crippen LogP contribution is 2.38. The van der Waals surface area contributed by atoms with Crippen molar-refractivity contribution in [3.05, 3.63) is 46.1 Å². The molecule has 0 aliphatic carbocycles. The first-order valence-corrected chi connectivity index (χ1v) is 8.45. The second-order valence-electron chi connectivity index (χ2n) is 5.59. The maximum Gasteiger partial charge on any atom is 0.416 e. The summed E-state index contributed by atoms with van der Waals surface area (Å²) >= 11 is 5.86. The molecule has 2 aromatic rings. The molecule has 1 aromatic heterocycles. The van der Waals surface area contributed by atoms with Crippen molar-refractivity contribution in [1.29, 1.82) is 0 Å². The first kappa shape index (κ1) is 20.4. The lowest BCUT2D eigenvalue weighted by Gasteiger charge is -2.18. The van der Waals surface area contributed by atoms with Gasteiger partial charge in [-0.2, -0.15) is 13.2 Å². The number of carbonyl (C=O) groups excluding carboxylic acids is 1. The molecule has 1 aliphatic heterocycles. The standard InChI is InChI=1S/C17H13ClF4N2O4/c1-2-26-14(25)13-11(15-27-5-6-28-15)12(23-16(18)24-13)9-4-3-8(7-10(9)19)17(20,21)22/h3-4,7,15H,2,5-6H2,1H3. The van der Waals surface area contributed by atoms with Gasteiger partial charge in [0.25, 0.3) is 0 Å². The second-order valence-corrected chi connectivity index (χ2v) is 5.93. The number of nitrogens with zero attached hydrogens (tertiary/aromatic N) is 2. The first-order valence-electron chi connectivity index (χ1n) is 8.07. The van der Waals surface area contributed by atoms with Gasteiger partial charge < -0.3 is 14.2 Å². The Kier molecular flexibility index (Phi) is 5.82. The number of esters is 1. The van der Waals surface area contributed by atoms with Crippen LogP contribution in [0.4, 0.5) is 17.6 Å². The molecule has 11 heteroatoms. The van der Waals surface area contributed by atoms with Gasteiger partial charge in [0.15, 0.2) is 12.0 Å². The fourth-order valence-electron chi connectivity index (χ4n) is 2.63. The lowest BCUT2D eigenvalue weighted by atomic mass is 10.0. The molecule has 3 rings (SSSR count). The number of alkyl halides is 3. The maximum absolute atomic E-state index is 14.5. The predicted molar refractivity (Wildman–Crippen MR) is 88.0 cm³/mol. The first-order chi connectivity index (χ1) is 13.2. The van der Waals surface area contributed by atoms with Gasteiger partial charge in [0, 0.05) is 5.56 Å². The van der Waals surface area contributed by atoms with Gasteiger partial charge in [0.2, 0.25) is 5.28 Å². The molecular weight excluding hydrogens is 408 g/mol. The molecule has 1 fully saturated rings. The third-order valence-corrected chi connectivity index (χ3v) is 3.97. The van der Waals surface area contributed by atoms with Crippen molar-refractivity contribution in [2.45, 2.75) is 19.4 Å². The Balaban J connectivity index is 2.21. The summed E-state index contributed by atoms with van der Waals surface area (Å²) < 4.78 is 68.7. The topological polar surface area (TPSA) is 70.5 Å². The van der Waals surface area contributed by atoms with E-state index in [0.29, 0.717) is 12.1 Å². The van der Waals surface area contributed by atoms with Gasteiger partial charge in [-0.05, 0) is 36.7 Å². The van der Waals surface area contributed by atoms with E-state index >= 15 is 0 Å². The summed E-state index contributed by atoms with van der Waals surface area (Å²) in [5, 5.41) is -0.418. The highest BCUT2D eigenvalue weighted by molar-refractivity contribution is 6.28. The minimum absolute atomic E-state index is 0.0241. The molecule has 28 heavy (non-hydrogen) atoms. The highest BCUT2D eigenvalue weighted by atomic mass is 35.5. The normalized spacial score (nSPS) is 15.1. The average Bonchev–Trinajstić information content (AvgIpc) is 3.14. The van der Waals surface area contributed by atoms with E-state index < -0.39 is 35.1 Å². The number of aromatic nitrogens is 2. The number of halogens is 5. The summed E-state index contributed by atoms with van der Waals surface area (Å²) in [5.41, 5.74) is -2.10. The quantitative estimate of drug-likeness (QED) is 0.420. The molecular formula is C17H13ClF4N2O4. The van der Waals surface area contributed by atoms with Crippen molar-refractivity contribution in [2.24, 2.45) is 0 Å². The van der Waals surface area contributed by atoms with Gasteiger partial charge in [-0.3, -0.25) is 0 Å². The van der Waals surface area contributed by atoms with E-state index in [-0.39, 0.29) is 42.3 Å². The number of benzene rings is 1. The highest BCUT2D eigenvalue weighted by Gasteiger charge is 2.34. The maximum atomic E-state index is 14.5. The summed E-state index contributed by atoms with van der Waals surface area (Å²) in [6.45, 7) is 1.96. The molecule has 0 saturated carbocycles. The molecule has 2 heterocycles. The predicted octanol–water partition coefficient (Wildman–Crippen LogP) is 4.18.